The van der Waals surface area contributed by atoms with Crippen molar-refractivity contribution in [1.29, 1.82) is 5.26 Å². The highest BCUT2D eigenvalue weighted by molar-refractivity contribution is 5.90. The number of anilines is 1. The normalized spacial score (nSPS) is 14.6. The highest BCUT2D eigenvalue weighted by atomic mass is 15.4. The van der Waals surface area contributed by atoms with Crippen molar-refractivity contribution in [2.75, 3.05) is 5.73 Å². The van der Waals surface area contributed by atoms with Crippen molar-refractivity contribution in [3.63, 3.8) is 0 Å². The number of aromatic amines is 1. The number of rotatable bonds is 2. The molecule has 0 saturated heterocycles. The number of nitrogen functional groups attached to an aromatic ring is 1. The molecule has 3 aromatic rings. The van der Waals surface area contributed by atoms with Crippen molar-refractivity contribution in [3.8, 4) is 11.8 Å². The summed E-state index contributed by atoms with van der Waals surface area (Å²) >= 11 is 0. The fraction of sp³-hybridized carbons (Fsp3) is 0.214. The number of nitrogens with one attached hydrogen (secondary N) is 1. The van der Waals surface area contributed by atoms with E-state index in [1.165, 1.54) is 0 Å². The van der Waals surface area contributed by atoms with Crippen LogP contribution >= 0.6 is 0 Å². The molecule has 20 heavy (non-hydrogen) atoms. The zero-order chi connectivity index (χ0) is 13.7. The van der Waals surface area contributed by atoms with Crippen LogP contribution in [0.15, 0.2) is 24.3 Å². The van der Waals surface area contributed by atoms with Crippen molar-refractivity contribution in [3.05, 3.63) is 35.5 Å². The average molecular weight is 264 g/mol. The van der Waals surface area contributed by atoms with Crippen LogP contribution in [0.4, 0.5) is 5.82 Å². The first-order valence-corrected chi connectivity index (χ1v) is 6.51. The number of aromatic nitrogens is 4. The molecule has 2 heterocycles. The van der Waals surface area contributed by atoms with E-state index in [0.717, 1.165) is 35.3 Å². The van der Waals surface area contributed by atoms with Gasteiger partial charge in [0, 0.05) is 5.92 Å². The molecule has 1 aliphatic carbocycles. The molecule has 6 nitrogen and oxygen atoms in total. The number of hydrogen-bond acceptors (Lipinski definition) is 4. The number of fused-ring (bicyclic) bond motifs is 1. The minimum Gasteiger partial charge on any atom is -0.383 e. The van der Waals surface area contributed by atoms with Gasteiger partial charge < -0.3 is 5.73 Å². The Morgan fingerprint density at radius 1 is 1.40 bits per heavy atom. The van der Waals surface area contributed by atoms with Crippen molar-refractivity contribution in [2.24, 2.45) is 0 Å². The molecule has 1 fully saturated rings. The van der Waals surface area contributed by atoms with Crippen molar-refractivity contribution in [2.45, 2.75) is 18.8 Å². The zero-order valence-electron chi connectivity index (χ0n) is 10.7. The van der Waals surface area contributed by atoms with Crippen LogP contribution in [0.1, 0.15) is 30.0 Å². The lowest BCUT2D eigenvalue weighted by Crippen LogP contribution is -1.99. The summed E-state index contributed by atoms with van der Waals surface area (Å²) in [6, 6.07) is 9.46. The molecular weight excluding hydrogens is 252 g/mol. The number of nitriles is 1. The third-order valence-electron chi connectivity index (χ3n) is 3.62. The highest BCUT2D eigenvalue weighted by Crippen LogP contribution is 2.43. The van der Waals surface area contributed by atoms with Crippen LogP contribution < -0.4 is 5.73 Å². The molecule has 0 amide bonds. The molecule has 4 rings (SSSR count). The lowest BCUT2D eigenvalue weighted by atomic mass is 10.2. The van der Waals surface area contributed by atoms with Crippen LogP contribution in [0.2, 0.25) is 0 Å². The number of nitrogens with two attached hydrogens (primary N) is 1. The largest absolute Gasteiger partial charge is 0.383 e. The summed E-state index contributed by atoms with van der Waals surface area (Å²) in [5, 5.41) is 21.7. The topological polar surface area (TPSA) is 96.3 Å². The Hall–Kier alpha value is -2.81. The number of nitrogens with zero attached hydrogens (tertiary/aromatic N) is 4. The van der Waals surface area contributed by atoms with Gasteiger partial charge in [-0.25, -0.2) is 4.68 Å². The van der Waals surface area contributed by atoms with Crippen molar-refractivity contribution in [1.82, 2.24) is 20.0 Å². The minimum absolute atomic E-state index is 0.484. The SMILES string of the molecule is N#Cc1cccc(-n2nc(C3CC3)c3c(N)[nH]nc32)c1. The molecule has 0 bridgehead atoms. The third-order valence-corrected chi connectivity index (χ3v) is 3.62. The van der Waals surface area contributed by atoms with Gasteiger partial charge >= 0.3 is 0 Å². The van der Waals surface area contributed by atoms with Crippen LogP contribution in [0.3, 0.4) is 0 Å². The Morgan fingerprint density at radius 3 is 3.00 bits per heavy atom. The average Bonchev–Trinajstić information content (AvgIpc) is 3.15. The van der Waals surface area contributed by atoms with E-state index in [1.54, 1.807) is 16.8 Å². The Bertz CT molecular complexity index is 846. The molecule has 1 aromatic carbocycles. The molecule has 0 radical (unpaired) electrons. The Balaban J connectivity index is 1.97. The van der Waals surface area contributed by atoms with Crippen molar-refractivity contribution < 1.29 is 0 Å². The second kappa shape index (κ2) is 3.84. The van der Waals surface area contributed by atoms with E-state index in [0.29, 0.717) is 17.3 Å². The summed E-state index contributed by atoms with van der Waals surface area (Å²) in [7, 11) is 0. The minimum atomic E-state index is 0.484. The third kappa shape index (κ3) is 1.50. The van der Waals surface area contributed by atoms with Gasteiger partial charge in [-0.05, 0) is 31.0 Å². The molecule has 1 saturated carbocycles. The zero-order valence-corrected chi connectivity index (χ0v) is 10.7. The summed E-state index contributed by atoms with van der Waals surface area (Å²) in [4.78, 5) is 0. The van der Waals surface area contributed by atoms with E-state index in [1.807, 2.05) is 12.1 Å². The predicted octanol–water partition coefficient (Wildman–Crippen LogP) is 2.08. The van der Waals surface area contributed by atoms with Gasteiger partial charge in [0.15, 0.2) is 5.65 Å². The lowest BCUT2D eigenvalue weighted by molar-refractivity contribution is 0.840. The molecule has 3 N–H and O–H groups in total. The van der Waals surface area contributed by atoms with Crippen molar-refractivity contribution >= 4 is 16.9 Å². The highest BCUT2D eigenvalue weighted by Gasteiger charge is 2.31. The Labute approximate surface area is 114 Å². The summed E-state index contributed by atoms with van der Waals surface area (Å²) in [5.41, 5.74) is 9.12. The van der Waals surface area contributed by atoms with Crippen LogP contribution in [0, 0.1) is 11.3 Å². The molecule has 0 spiro atoms. The number of benzene rings is 1. The van der Waals surface area contributed by atoms with Gasteiger partial charge in [-0.3, -0.25) is 5.10 Å². The second-order valence-corrected chi connectivity index (χ2v) is 5.07. The van der Waals surface area contributed by atoms with Crippen LogP contribution in [-0.2, 0) is 0 Å². The van der Waals surface area contributed by atoms with Gasteiger partial charge in [0.05, 0.1) is 28.4 Å². The van der Waals surface area contributed by atoms with Crippen LogP contribution in [-0.4, -0.2) is 20.0 Å². The molecular formula is C14H12N6. The summed E-state index contributed by atoms with van der Waals surface area (Å²) < 4.78 is 1.76. The number of H-pyrrole nitrogens is 1. The molecule has 0 unspecified atom stereocenters. The molecule has 0 aliphatic heterocycles. The Morgan fingerprint density at radius 2 is 2.25 bits per heavy atom. The van der Waals surface area contributed by atoms with E-state index in [2.05, 4.69) is 21.4 Å². The molecule has 0 atom stereocenters. The maximum atomic E-state index is 9.01. The second-order valence-electron chi connectivity index (χ2n) is 5.07. The smallest absolute Gasteiger partial charge is 0.186 e. The quantitative estimate of drug-likeness (QED) is 0.740. The molecule has 1 aliphatic rings. The van der Waals surface area contributed by atoms with Gasteiger partial charge in [0.25, 0.3) is 0 Å². The summed E-state index contributed by atoms with van der Waals surface area (Å²) in [6.07, 6.45) is 2.30. The van der Waals surface area contributed by atoms with E-state index < -0.39 is 0 Å². The fourth-order valence-corrected chi connectivity index (χ4v) is 2.49. The standard InChI is InChI=1S/C14H12N6/c15-7-8-2-1-3-10(6-8)20-14-11(13(16)17-18-14)12(19-20)9-4-5-9/h1-3,6,9H,4-5H2,(H3,16,17,18). The molecule has 2 aromatic heterocycles. The fourth-order valence-electron chi connectivity index (χ4n) is 2.49. The monoisotopic (exact) mass is 264 g/mol. The van der Waals surface area contributed by atoms with Crippen LogP contribution in [0.5, 0.6) is 0 Å². The van der Waals surface area contributed by atoms with E-state index in [9.17, 15) is 0 Å². The van der Waals surface area contributed by atoms with Gasteiger partial charge in [-0.15, -0.1) is 0 Å². The van der Waals surface area contributed by atoms with Gasteiger partial charge in [-0.1, -0.05) is 6.07 Å². The van der Waals surface area contributed by atoms with E-state index in [4.69, 9.17) is 11.0 Å². The summed E-state index contributed by atoms with van der Waals surface area (Å²) in [5.74, 6) is 1.04. The Kier molecular flexibility index (Phi) is 2.12. The van der Waals surface area contributed by atoms with Gasteiger partial charge in [0.1, 0.15) is 5.82 Å². The predicted molar refractivity (Wildman–Crippen MR) is 74.3 cm³/mol. The van der Waals surface area contributed by atoms with Gasteiger partial charge in [0.2, 0.25) is 0 Å². The molecule has 6 heteroatoms. The lowest BCUT2D eigenvalue weighted by Gasteiger charge is -2.01. The number of hydrogen-bond donors (Lipinski definition) is 2. The van der Waals surface area contributed by atoms with E-state index >= 15 is 0 Å². The first kappa shape index (κ1) is 11.1. The van der Waals surface area contributed by atoms with E-state index in [-0.39, 0.29) is 0 Å². The first-order valence-electron chi connectivity index (χ1n) is 6.51. The molecule has 98 valence electrons. The summed E-state index contributed by atoms with van der Waals surface area (Å²) in [6.45, 7) is 0. The van der Waals surface area contributed by atoms with Crippen LogP contribution in [0.25, 0.3) is 16.7 Å². The first-order chi connectivity index (χ1) is 9.78. The maximum absolute atomic E-state index is 9.01. The van der Waals surface area contributed by atoms with Gasteiger partial charge in [-0.2, -0.15) is 15.5 Å². The maximum Gasteiger partial charge on any atom is 0.186 e.